The monoisotopic (exact) mass is 198 g/mol. The molecule has 0 aromatic carbocycles. The van der Waals surface area contributed by atoms with Gasteiger partial charge in [-0.2, -0.15) is 0 Å². The van der Waals surface area contributed by atoms with Crippen LogP contribution in [0.4, 0.5) is 0 Å². The third-order valence-corrected chi connectivity index (χ3v) is 1.64. The first kappa shape index (κ1) is 13.0. The Morgan fingerprint density at radius 2 is 1.79 bits per heavy atom. The third kappa shape index (κ3) is 4.87. The number of nitrogens with zero attached hydrogens (tertiary/aromatic N) is 1. The first-order valence-corrected chi connectivity index (χ1v) is 4.72. The molecule has 0 spiro atoms. The molecule has 1 unspecified atom stereocenters. The molecule has 0 aromatic rings. The molecule has 2 N–H and O–H groups in total. The summed E-state index contributed by atoms with van der Waals surface area (Å²) in [6.07, 6.45) is 0.522. The van der Waals surface area contributed by atoms with Crippen LogP contribution in [0, 0.1) is 5.92 Å². The minimum absolute atomic E-state index is 0.160. The van der Waals surface area contributed by atoms with Gasteiger partial charge in [-0.15, -0.1) is 0 Å². The van der Waals surface area contributed by atoms with Gasteiger partial charge in [-0.25, -0.2) is 4.99 Å². The molecule has 0 rings (SSSR count). The summed E-state index contributed by atoms with van der Waals surface area (Å²) in [6.45, 7) is 6.90. The van der Waals surface area contributed by atoms with Crippen LogP contribution in [0.25, 0.3) is 0 Å². The first-order valence-electron chi connectivity index (χ1n) is 4.72. The quantitative estimate of drug-likeness (QED) is 0.683. The van der Waals surface area contributed by atoms with E-state index in [9.17, 15) is 9.59 Å². The Balaban J connectivity index is 4.65. The zero-order valence-corrected chi connectivity index (χ0v) is 9.20. The van der Waals surface area contributed by atoms with Crippen LogP contribution in [0.1, 0.15) is 34.1 Å². The first-order chi connectivity index (χ1) is 6.34. The summed E-state index contributed by atoms with van der Waals surface area (Å²) < 4.78 is 0. The average molecular weight is 198 g/mol. The fourth-order valence-corrected chi connectivity index (χ4v) is 0.890. The molecule has 0 saturated carbocycles. The number of amides is 1. The molecular formula is C10H18N2O2. The molecule has 0 aliphatic carbocycles. The molecule has 14 heavy (non-hydrogen) atoms. The Hall–Kier alpha value is -1.03. The number of hydrogen-bond donors (Lipinski definition) is 1. The topological polar surface area (TPSA) is 72.5 Å². The van der Waals surface area contributed by atoms with Gasteiger partial charge in [0.25, 0.3) is 5.91 Å². The van der Waals surface area contributed by atoms with Crippen LogP contribution >= 0.6 is 0 Å². The van der Waals surface area contributed by atoms with E-state index in [0.717, 1.165) is 0 Å². The number of Topliss-reactive ketones (excluding diaryl/α,β-unsaturated/α-hetero) is 1. The van der Waals surface area contributed by atoms with Crippen molar-refractivity contribution >= 4 is 17.4 Å². The molecule has 0 heterocycles. The molecule has 1 atom stereocenters. The molecular weight excluding hydrogens is 180 g/mol. The molecule has 0 aliphatic heterocycles. The second kappa shape index (κ2) is 5.65. The molecule has 0 aliphatic rings. The van der Waals surface area contributed by atoms with E-state index in [-0.39, 0.29) is 5.78 Å². The fraction of sp³-hybridized carbons (Fsp3) is 0.700. The molecule has 0 fully saturated rings. The summed E-state index contributed by atoms with van der Waals surface area (Å²) >= 11 is 0. The van der Waals surface area contributed by atoms with Gasteiger partial charge in [0, 0.05) is 6.92 Å². The predicted octanol–water partition coefficient (Wildman–Crippen LogP) is 0.936. The Kier molecular flexibility index (Phi) is 5.23. The second-order valence-electron chi connectivity index (χ2n) is 3.84. The van der Waals surface area contributed by atoms with Crippen molar-refractivity contribution in [2.75, 3.05) is 0 Å². The number of hydrogen-bond acceptors (Lipinski definition) is 3. The van der Waals surface area contributed by atoms with Crippen molar-refractivity contribution in [2.45, 2.75) is 40.2 Å². The van der Waals surface area contributed by atoms with E-state index in [1.807, 2.05) is 13.8 Å². The summed E-state index contributed by atoms with van der Waals surface area (Å²) in [4.78, 5) is 26.0. The molecule has 0 radical (unpaired) electrons. The lowest BCUT2D eigenvalue weighted by Crippen LogP contribution is -2.27. The Bertz CT molecular complexity index is 255. The number of carbonyl (C=O) groups is 2. The summed E-state index contributed by atoms with van der Waals surface area (Å²) in [5.41, 5.74) is 5.67. The summed E-state index contributed by atoms with van der Waals surface area (Å²) in [5.74, 6) is -0.290. The zero-order chi connectivity index (χ0) is 11.3. The van der Waals surface area contributed by atoms with Gasteiger partial charge >= 0.3 is 0 Å². The van der Waals surface area contributed by atoms with Crippen LogP contribution in [-0.4, -0.2) is 23.4 Å². The number of nitrogens with two attached hydrogens (primary N) is 1. The van der Waals surface area contributed by atoms with Crippen molar-refractivity contribution in [3.8, 4) is 0 Å². The molecule has 1 amide bonds. The van der Waals surface area contributed by atoms with Crippen molar-refractivity contribution in [1.82, 2.24) is 0 Å². The normalized spacial score (nSPS) is 14.3. The van der Waals surface area contributed by atoms with Crippen LogP contribution in [0.3, 0.4) is 0 Å². The smallest absolute Gasteiger partial charge is 0.262 e. The largest absolute Gasteiger partial charge is 0.320 e. The van der Waals surface area contributed by atoms with Crippen LogP contribution in [0.5, 0.6) is 0 Å². The maximum Gasteiger partial charge on any atom is 0.262 e. The van der Waals surface area contributed by atoms with Crippen molar-refractivity contribution in [3.05, 3.63) is 0 Å². The highest BCUT2D eigenvalue weighted by Crippen LogP contribution is 2.03. The lowest BCUT2D eigenvalue weighted by molar-refractivity contribution is -0.119. The summed E-state index contributed by atoms with van der Waals surface area (Å²) in [6, 6.07) is -0.642. The molecule has 0 aromatic heterocycles. The van der Waals surface area contributed by atoms with Crippen LogP contribution in [0.15, 0.2) is 4.99 Å². The third-order valence-electron chi connectivity index (χ3n) is 1.64. The van der Waals surface area contributed by atoms with E-state index in [1.165, 1.54) is 6.92 Å². The zero-order valence-electron chi connectivity index (χ0n) is 9.20. The highest BCUT2D eigenvalue weighted by molar-refractivity contribution is 6.40. The van der Waals surface area contributed by atoms with Crippen LogP contribution < -0.4 is 5.73 Å². The lowest BCUT2D eigenvalue weighted by Gasteiger charge is -2.06. The molecule has 4 heteroatoms. The van der Waals surface area contributed by atoms with E-state index in [4.69, 9.17) is 5.73 Å². The maximum absolute atomic E-state index is 11.2. The maximum atomic E-state index is 11.2. The average Bonchev–Trinajstić information content (AvgIpc) is 2.01. The van der Waals surface area contributed by atoms with Gasteiger partial charge in [0.1, 0.15) is 0 Å². The van der Waals surface area contributed by atoms with Crippen molar-refractivity contribution in [1.29, 1.82) is 0 Å². The number of carbonyl (C=O) groups excluding carboxylic acids is 2. The van der Waals surface area contributed by atoms with Crippen LogP contribution in [0.2, 0.25) is 0 Å². The van der Waals surface area contributed by atoms with E-state index >= 15 is 0 Å². The minimum Gasteiger partial charge on any atom is -0.320 e. The van der Waals surface area contributed by atoms with Gasteiger partial charge < -0.3 is 5.73 Å². The molecule has 80 valence electrons. The van der Waals surface area contributed by atoms with Gasteiger partial charge in [-0.1, -0.05) is 13.8 Å². The van der Waals surface area contributed by atoms with E-state index in [2.05, 4.69) is 4.99 Å². The fourth-order valence-electron chi connectivity index (χ4n) is 0.890. The van der Waals surface area contributed by atoms with E-state index in [0.29, 0.717) is 18.1 Å². The van der Waals surface area contributed by atoms with Gasteiger partial charge in [-0.3, -0.25) is 9.59 Å². The number of ketones is 1. The standard InChI is InChI=1S/C10H18N2O2/c1-6(2)5-9(8(4)13)12-10(14)7(3)11/h6-7H,5,11H2,1-4H3. The minimum atomic E-state index is -0.642. The van der Waals surface area contributed by atoms with Crippen LogP contribution in [-0.2, 0) is 9.59 Å². The second-order valence-corrected chi connectivity index (χ2v) is 3.84. The summed E-state index contributed by atoms with van der Waals surface area (Å²) in [7, 11) is 0. The van der Waals surface area contributed by atoms with Gasteiger partial charge in [-0.05, 0) is 19.3 Å². The lowest BCUT2D eigenvalue weighted by atomic mass is 10.0. The number of aliphatic imine (C=N–C) groups is 1. The van der Waals surface area contributed by atoms with Crippen molar-refractivity contribution < 1.29 is 9.59 Å². The Morgan fingerprint density at radius 1 is 1.29 bits per heavy atom. The van der Waals surface area contributed by atoms with Crippen molar-refractivity contribution in [3.63, 3.8) is 0 Å². The molecule has 0 bridgehead atoms. The SMILES string of the molecule is CC(=O)C(CC(C)C)=NC(=O)C(C)N. The predicted molar refractivity (Wildman–Crippen MR) is 56.2 cm³/mol. The van der Waals surface area contributed by atoms with E-state index in [1.54, 1.807) is 6.92 Å². The highest BCUT2D eigenvalue weighted by Gasteiger charge is 2.12. The molecule has 0 saturated heterocycles. The van der Waals surface area contributed by atoms with Gasteiger partial charge in [0.2, 0.25) is 0 Å². The number of rotatable bonds is 4. The van der Waals surface area contributed by atoms with E-state index < -0.39 is 11.9 Å². The Morgan fingerprint density at radius 3 is 2.07 bits per heavy atom. The Labute approximate surface area is 84.6 Å². The summed E-state index contributed by atoms with van der Waals surface area (Å²) in [5, 5.41) is 0. The van der Waals surface area contributed by atoms with Crippen molar-refractivity contribution in [2.24, 2.45) is 16.6 Å². The van der Waals surface area contributed by atoms with Gasteiger partial charge in [0.05, 0.1) is 11.8 Å². The molecule has 4 nitrogen and oxygen atoms in total. The highest BCUT2D eigenvalue weighted by atomic mass is 16.2. The van der Waals surface area contributed by atoms with Gasteiger partial charge in [0.15, 0.2) is 5.78 Å².